The zero-order chi connectivity index (χ0) is 7.98. The molecule has 0 heterocycles. The number of esters is 1. The van der Waals surface area contributed by atoms with Crippen molar-refractivity contribution < 1.29 is 18.7 Å². The molecule has 0 amide bonds. The lowest BCUT2D eigenvalue weighted by Crippen LogP contribution is -2.11. The summed E-state index contributed by atoms with van der Waals surface area (Å²) in [7, 11) is 0. The highest BCUT2D eigenvalue weighted by Crippen LogP contribution is 1.88. The first-order chi connectivity index (χ1) is 4.70. The Balaban J connectivity index is 3.47. The average molecular weight is 148 g/mol. The van der Waals surface area contributed by atoms with Gasteiger partial charge in [0, 0.05) is 0 Å². The molecule has 3 nitrogen and oxygen atoms in total. The number of rotatable bonds is 4. The fourth-order valence-electron chi connectivity index (χ4n) is 0.420. The third-order valence-electron chi connectivity index (χ3n) is 0.796. The Morgan fingerprint density at radius 1 is 1.50 bits per heavy atom. The molecule has 0 aliphatic rings. The topological polar surface area (TPSA) is 43.4 Å². The number of carbonyl (C=O) groups is 2. The van der Waals surface area contributed by atoms with E-state index in [1.165, 1.54) is 0 Å². The molecule has 0 atom stereocenters. The normalized spacial score (nSPS) is 9.00. The molecule has 0 bridgehead atoms. The van der Waals surface area contributed by atoms with E-state index in [0.29, 0.717) is 0 Å². The Kier molecular flexibility index (Phi) is 4.45. The van der Waals surface area contributed by atoms with Gasteiger partial charge in [-0.2, -0.15) is 0 Å². The highest BCUT2D eigenvalue weighted by Gasteiger charge is 2.08. The van der Waals surface area contributed by atoms with Gasteiger partial charge < -0.3 is 4.74 Å². The molecular weight excluding hydrogens is 139 g/mol. The lowest BCUT2D eigenvalue weighted by molar-refractivity contribution is -0.145. The first-order valence-corrected chi connectivity index (χ1v) is 2.94. The number of hydrogen-bond acceptors (Lipinski definition) is 3. The fourth-order valence-corrected chi connectivity index (χ4v) is 0.420. The SMILES string of the molecule is CCOC(=O)CC(=O)CF. The zero-order valence-corrected chi connectivity index (χ0v) is 5.72. The van der Waals surface area contributed by atoms with Crippen molar-refractivity contribution in [3.63, 3.8) is 0 Å². The molecule has 0 aromatic carbocycles. The van der Waals surface area contributed by atoms with Crippen LogP contribution in [-0.2, 0) is 14.3 Å². The highest BCUT2D eigenvalue weighted by molar-refractivity contribution is 5.96. The smallest absolute Gasteiger partial charge is 0.313 e. The Hall–Kier alpha value is -0.930. The number of alkyl halides is 1. The van der Waals surface area contributed by atoms with Gasteiger partial charge in [0.05, 0.1) is 6.61 Å². The molecule has 0 spiro atoms. The Morgan fingerprint density at radius 3 is 2.50 bits per heavy atom. The summed E-state index contributed by atoms with van der Waals surface area (Å²) in [5.41, 5.74) is 0. The van der Waals surface area contributed by atoms with Crippen molar-refractivity contribution in [3.05, 3.63) is 0 Å². The van der Waals surface area contributed by atoms with Crippen LogP contribution in [0.4, 0.5) is 4.39 Å². The van der Waals surface area contributed by atoms with E-state index in [0.717, 1.165) is 0 Å². The summed E-state index contributed by atoms with van der Waals surface area (Å²) in [5.74, 6) is -1.40. The van der Waals surface area contributed by atoms with E-state index in [1.807, 2.05) is 0 Å². The highest BCUT2D eigenvalue weighted by atomic mass is 19.1. The second-order valence-electron chi connectivity index (χ2n) is 1.65. The minimum Gasteiger partial charge on any atom is -0.466 e. The van der Waals surface area contributed by atoms with Crippen LogP contribution in [0.15, 0.2) is 0 Å². The zero-order valence-electron chi connectivity index (χ0n) is 5.72. The Labute approximate surface area is 58.2 Å². The minimum absolute atomic E-state index is 0.221. The molecule has 0 rings (SSSR count). The molecule has 0 aliphatic carbocycles. The molecule has 0 unspecified atom stereocenters. The molecule has 0 aromatic rings. The second kappa shape index (κ2) is 4.90. The van der Waals surface area contributed by atoms with E-state index in [9.17, 15) is 14.0 Å². The minimum atomic E-state index is -1.10. The maximum Gasteiger partial charge on any atom is 0.313 e. The van der Waals surface area contributed by atoms with Crippen LogP contribution in [0.1, 0.15) is 13.3 Å². The van der Waals surface area contributed by atoms with Gasteiger partial charge in [-0.1, -0.05) is 0 Å². The lowest BCUT2D eigenvalue weighted by Gasteiger charge is -1.97. The van der Waals surface area contributed by atoms with Crippen molar-refractivity contribution in [2.24, 2.45) is 0 Å². The molecule has 0 saturated heterocycles. The molecule has 0 N–H and O–H groups in total. The maximum atomic E-state index is 11.4. The predicted molar refractivity (Wildman–Crippen MR) is 32.2 cm³/mol. The summed E-state index contributed by atoms with van der Waals surface area (Å²) in [6, 6.07) is 0. The summed E-state index contributed by atoms with van der Waals surface area (Å²) in [5, 5.41) is 0. The van der Waals surface area contributed by atoms with Crippen LogP contribution in [0.3, 0.4) is 0 Å². The average Bonchev–Trinajstić information content (AvgIpc) is 1.88. The van der Waals surface area contributed by atoms with Crippen LogP contribution < -0.4 is 0 Å². The van der Waals surface area contributed by atoms with Crippen molar-refractivity contribution >= 4 is 11.8 Å². The first-order valence-electron chi connectivity index (χ1n) is 2.94. The molecule has 0 aliphatic heterocycles. The number of carbonyl (C=O) groups excluding carboxylic acids is 2. The van der Waals surface area contributed by atoms with Crippen LogP contribution in [0.2, 0.25) is 0 Å². The lowest BCUT2D eigenvalue weighted by atomic mass is 10.3. The first kappa shape index (κ1) is 9.07. The molecule has 4 heteroatoms. The summed E-state index contributed by atoms with van der Waals surface area (Å²) >= 11 is 0. The molecule has 0 fully saturated rings. The van der Waals surface area contributed by atoms with Crippen molar-refractivity contribution in [2.75, 3.05) is 13.3 Å². The van der Waals surface area contributed by atoms with Gasteiger partial charge in [0.2, 0.25) is 0 Å². The van der Waals surface area contributed by atoms with Gasteiger partial charge in [-0.25, -0.2) is 4.39 Å². The molecule has 0 radical (unpaired) electrons. The molecule has 0 aromatic heterocycles. The van der Waals surface area contributed by atoms with Crippen molar-refractivity contribution in [1.82, 2.24) is 0 Å². The number of ketones is 1. The van der Waals surface area contributed by atoms with Gasteiger partial charge in [0.1, 0.15) is 13.1 Å². The quantitative estimate of drug-likeness (QED) is 0.430. The van der Waals surface area contributed by atoms with Gasteiger partial charge in [-0.15, -0.1) is 0 Å². The van der Waals surface area contributed by atoms with Crippen LogP contribution in [0, 0.1) is 0 Å². The molecule has 0 saturated carbocycles. The standard InChI is InChI=1S/C6H9FO3/c1-2-10-6(9)3-5(8)4-7/h2-4H2,1H3. The monoisotopic (exact) mass is 148 g/mol. The van der Waals surface area contributed by atoms with Crippen LogP contribution >= 0.6 is 0 Å². The summed E-state index contributed by atoms with van der Waals surface area (Å²) in [6.45, 7) is 0.745. The summed E-state index contributed by atoms with van der Waals surface area (Å²) in [6.07, 6.45) is -0.454. The van der Waals surface area contributed by atoms with Crippen LogP contribution in [-0.4, -0.2) is 25.0 Å². The van der Waals surface area contributed by atoms with Crippen molar-refractivity contribution in [3.8, 4) is 0 Å². The molecule has 10 heavy (non-hydrogen) atoms. The van der Waals surface area contributed by atoms with E-state index in [1.54, 1.807) is 6.92 Å². The largest absolute Gasteiger partial charge is 0.466 e. The van der Waals surface area contributed by atoms with Crippen molar-refractivity contribution in [1.29, 1.82) is 0 Å². The van der Waals surface area contributed by atoms with E-state index in [4.69, 9.17) is 0 Å². The predicted octanol–water partition coefficient (Wildman–Crippen LogP) is 0.478. The number of Topliss-reactive ketones (excluding diaryl/α,β-unsaturated/α-hetero) is 1. The van der Waals surface area contributed by atoms with Crippen molar-refractivity contribution in [2.45, 2.75) is 13.3 Å². The Morgan fingerprint density at radius 2 is 2.10 bits per heavy atom. The van der Waals surface area contributed by atoms with E-state index < -0.39 is 24.8 Å². The van der Waals surface area contributed by atoms with Gasteiger partial charge in [0.25, 0.3) is 0 Å². The fraction of sp³-hybridized carbons (Fsp3) is 0.667. The number of hydrogen-bond donors (Lipinski definition) is 0. The van der Waals surface area contributed by atoms with E-state index in [2.05, 4.69) is 4.74 Å². The number of halogens is 1. The molecule has 58 valence electrons. The third-order valence-corrected chi connectivity index (χ3v) is 0.796. The Bertz CT molecular complexity index is 133. The second-order valence-corrected chi connectivity index (χ2v) is 1.65. The van der Waals surface area contributed by atoms with Gasteiger partial charge in [0.15, 0.2) is 5.78 Å². The van der Waals surface area contributed by atoms with Crippen LogP contribution in [0.5, 0.6) is 0 Å². The maximum absolute atomic E-state index is 11.4. The third kappa shape index (κ3) is 4.00. The van der Waals surface area contributed by atoms with Gasteiger partial charge >= 0.3 is 5.97 Å². The van der Waals surface area contributed by atoms with Gasteiger partial charge in [-0.05, 0) is 6.92 Å². The van der Waals surface area contributed by atoms with E-state index >= 15 is 0 Å². The summed E-state index contributed by atoms with van der Waals surface area (Å²) in [4.78, 5) is 20.6. The number of ether oxygens (including phenoxy) is 1. The van der Waals surface area contributed by atoms with Gasteiger partial charge in [-0.3, -0.25) is 9.59 Å². The van der Waals surface area contributed by atoms with Crippen LogP contribution in [0.25, 0.3) is 0 Å². The summed E-state index contributed by atoms with van der Waals surface area (Å²) < 4.78 is 15.8. The van der Waals surface area contributed by atoms with E-state index in [-0.39, 0.29) is 6.61 Å². The molecular formula is C6H9FO3.